The van der Waals surface area contributed by atoms with Gasteiger partial charge in [0.15, 0.2) is 11.5 Å². The highest BCUT2D eigenvalue weighted by Gasteiger charge is 2.52. The molecule has 0 radical (unpaired) electrons. The van der Waals surface area contributed by atoms with Crippen molar-refractivity contribution in [3.05, 3.63) is 59.0 Å². The molecule has 0 saturated heterocycles. The van der Waals surface area contributed by atoms with Crippen LogP contribution in [0.3, 0.4) is 0 Å². The largest absolute Gasteiger partial charge is 0.586 e. The molecule has 2 heterocycles. The van der Waals surface area contributed by atoms with Crippen molar-refractivity contribution in [2.24, 2.45) is 0 Å². The third-order valence-electron chi connectivity index (χ3n) is 7.84. The van der Waals surface area contributed by atoms with Crippen molar-refractivity contribution in [2.45, 2.75) is 76.2 Å². The van der Waals surface area contributed by atoms with Gasteiger partial charge in [-0.05, 0) is 60.7 Å². The predicted molar refractivity (Wildman–Crippen MR) is 131 cm³/mol. The molecule has 6 nitrogen and oxygen atoms in total. The molecule has 1 atom stereocenters. The molecule has 1 fully saturated rings. The van der Waals surface area contributed by atoms with Gasteiger partial charge in [0.1, 0.15) is 11.6 Å². The van der Waals surface area contributed by atoms with E-state index in [1.54, 1.807) is 12.1 Å². The number of halogens is 3. The minimum atomic E-state index is -3.74. The molecule has 0 unspecified atom stereocenters. The Bertz CT molecular complexity index is 1380. The number of aromatic nitrogens is 1. The molecule has 198 valence electrons. The summed E-state index contributed by atoms with van der Waals surface area (Å²) in [7, 11) is 0. The van der Waals surface area contributed by atoms with Crippen LogP contribution in [0.4, 0.5) is 13.2 Å². The minimum absolute atomic E-state index is 0.0878. The van der Waals surface area contributed by atoms with E-state index < -0.39 is 30.2 Å². The lowest BCUT2D eigenvalue weighted by molar-refractivity contribution is -0.286. The molecular formula is C28H30F3NO5. The van der Waals surface area contributed by atoms with Crippen LogP contribution in [0.15, 0.2) is 36.4 Å². The Morgan fingerprint density at radius 1 is 1.14 bits per heavy atom. The standard InChI is InChI=1S/C28H30F3NO5/c1-4-26(2,3)24-10-17-9-16(20(29)13-21(17)32(24)14-19(34)15-33)11-25(35)27(7-8-27)18-5-6-22-23(12-18)37-28(30,31)36-22/h5-6,9-10,12-13,19,33-34H,4,7-8,11,14-15H2,1-3H3/t19-/m1/s1. The first-order valence-corrected chi connectivity index (χ1v) is 12.4. The fraction of sp³-hybridized carbons (Fsp3) is 0.464. The third kappa shape index (κ3) is 4.48. The normalized spacial score (nSPS) is 18.3. The van der Waals surface area contributed by atoms with Gasteiger partial charge in [0.2, 0.25) is 0 Å². The number of benzene rings is 2. The summed E-state index contributed by atoms with van der Waals surface area (Å²) >= 11 is 0. The highest BCUT2D eigenvalue weighted by atomic mass is 19.3. The summed E-state index contributed by atoms with van der Waals surface area (Å²) < 4.78 is 53.0. The second-order valence-corrected chi connectivity index (χ2v) is 10.7. The van der Waals surface area contributed by atoms with Crippen molar-refractivity contribution in [2.75, 3.05) is 6.61 Å². The molecule has 0 amide bonds. The Balaban J connectivity index is 1.46. The summed E-state index contributed by atoms with van der Waals surface area (Å²) in [5.41, 5.74) is 1.14. The lowest BCUT2D eigenvalue weighted by Gasteiger charge is -2.26. The van der Waals surface area contributed by atoms with Crippen LogP contribution in [0.25, 0.3) is 10.9 Å². The van der Waals surface area contributed by atoms with Crippen LogP contribution in [-0.2, 0) is 28.6 Å². The fourth-order valence-corrected chi connectivity index (χ4v) is 5.12. The number of fused-ring (bicyclic) bond motifs is 2. The van der Waals surface area contributed by atoms with Crippen molar-refractivity contribution >= 4 is 16.7 Å². The Morgan fingerprint density at radius 2 is 1.84 bits per heavy atom. The maximum Gasteiger partial charge on any atom is 0.586 e. The Morgan fingerprint density at radius 3 is 2.49 bits per heavy atom. The van der Waals surface area contributed by atoms with Gasteiger partial charge in [-0.1, -0.05) is 26.8 Å². The number of ether oxygens (including phenoxy) is 2. The minimum Gasteiger partial charge on any atom is -0.395 e. The van der Waals surface area contributed by atoms with E-state index in [0.29, 0.717) is 23.9 Å². The molecule has 0 bridgehead atoms. The van der Waals surface area contributed by atoms with Crippen molar-refractivity contribution in [1.82, 2.24) is 4.57 Å². The average molecular weight is 518 g/mol. The molecule has 1 aliphatic heterocycles. The van der Waals surface area contributed by atoms with E-state index in [0.717, 1.165) is 17.5 Å². The van der Waals surface area contributed by atoms with Gasteiger partial charge in [-0.25, -0.2) is 4.39 Å². The fourth-order valence-electron chi connectivity index (χ4n) is 5.12. The molecule has 2 aromatic carbocycles. The number of rotatable bonds is 9. The highest BCUT2D eigenvalue weighted by Crippen LogP contribution is 2.52. The Labute approximate surface area is 212 Å². The van der Waals surface area contributed by atoms with E-state index in [-0.39, 0.29) is 41.2 Å². The second kappa shape index (κ2) is 8.77. The molecule has 0 spiro atoms. The lowest BCUT2D eigenvalue weighted by Crippen LogP contribution is -2.26. The van der Waals surface area contributed by atoms with Gasteiger partial charge in [0.05, 0.1) is 30.2 Å². The number of aliphatic hydroxyl groups is 2. The van der Waals surface area contributed by atoms with Crippen LogP contribution in [0.5, 0.6) is 11.5 Å². The van der Waals surface area contributed by atoms with E-state index in [9.17, 15) is 23.8 Å². The van der Waals surface area contributed by atoms with Crippen LogP contribution in [0.2, 0.25) is 0 Å². The zero-order valence-electron chi connectivity index (χ0n) is 21.0. The number of aliphatic hydroxyl groups excluding tert-OH is 2. The molecule has 1 saturated carbocycles. The highest BCUT2D eigenvalue weighted by molar-refractivity contribution is 5.95. The monoisotopic (exact) mass is 517 g/mol. The molecule has 3 aromatic rings. The zero-order valence-corrected chi connectivity index (χ0v) is 21.0. The van der Waals surface area contributed by atoms with Gasteiger partial charge in [0, 0.05) is 22.9 Å². The topological polar surface area (TPSA) is 80.9 Å². The number of hydrogen-bond donors (Lipinski definition) is 2. The molecule has 1 aromatic heterocycles. The number of carbonyl (C=O) groups is 1. The van der Waals surface area contributed by atoms with E-state index in [4.69, 9.17) is 0 Å². The van der Waals surface area contributed by atoms with E-state index in [1.807, 2.05) is 17.6 Å². The van der Waals surface area contributed by atoms with E-state index in [1.165, 1.54) is 18.2 Å². The molecule has 5 rings (SSSR count). The van der Waals surface area contributed by atoms with E-state index >= 15 is 4.39 Å². The van der Waals surface area contributed by atoms with E-state index in [2.05, 4.69) is 23.3 Å². The van der Waals surface area contributed by atoms with Crippen molar-refractivity contribution in [3.63, 3.8) is 0 Å². The lowest BCUT2D eigenvalue weighted by atomic mass is 9.86. The number of nitrogens with zero attached hydrogens (tertiary/aromatic N) is 1. The van der Waals surface area contributed by atoms with Crippen LogP contribution >= 0.6 is 0 Å². The summed E-state index contributed by atoms with van der Waals surface area (Å²) in [6.45, 7) is 5.86. The number of Topliss-reactive ketones (excluding diaryl/α,β-unsaturated/α-hetero) is 1. The third-order valence-corrected chi connectivity index (χ3v) is 7.84. The van der Waals surface area contributed by atoms with Crippen molar-refractivity contribution in [1.29, 1.82) is 0 Å². The molecule has 2 N–H and O–H groups in total. The molecule has 9 heteroatoms. The quantitative estimate of drug-likeness (QED) is 0.418. The summed E-state index contributed by atoms with van der Waals surface area (Å²) in [5.74, 6) is -0.942. The van der Waals surface area contributed by atoms with Gasteiger partial charge in [-0.15, -0.1) is 8.78 Å². The second-order valence-electron chi connectivity index (χ2n) is 10.7. The van der Waals surface area contributed by atoms with Gasteiger partial charge >= 0.3 is 6.29 Å². The molecule has 1 aliphatic carbocycles. The van der Waals surface area contributed by atoms with Gasteiger partial charge in [-0.2, -0.15) is 0 Å². The molecule has 37 heavy (non-hydrogen) atoms. The van der Waals surface area contributed by atoms with Crippen LogP contribution in [0, 0.1) is 5.82 Å². The average Bonchev–Trinajstić information content (AvgIpc) is 3.50. The van der Waals surface area contributed by atoms with Gasteiger partial charge < -0.3 is 24.3 Å². The summed E-state index contributed by atoms with van der Waals surface area (Å²) in [6, 6.07) is 9.34. The summed E-state index contributed by atoms with van der Waals surface area (Å²) in [6.07, 6.45) is -3.01. The SMILES string of the molecule is CCC(C)(C)c1cc2cc(CC(=O)C3(c4ccc5c(c4)OC(F)(F)O5)CC3)c(F)cc2n1C[C@@H](O)CO. The Hall–Kier alpha value is -3.04. The number of ketones is 1. The van der Waals surface area contributed by atoms with Crippen LogP contribution < -0.4 is 9.47 Å². The maximum atomic E-state index is 15.3. The van der Waals surface area contributed by atoms with Crippen molar-refractivity contribution in [3.8, 4) is 11.5 Å². The first-order valence-electron chi connectivity index (χ1n) is 12.4. The van der Waals surface area contributed by atoms with Crippen molar-refractivity contribution < 1.29 is 37.7 Å². The maximum absolute atomic E-state index is 15.3. The predicted octanol–water partition coefficient (Wildman–Crippen LogP) is 4.99. The first-order chi connectivity index (χ1) is 17.4. The summed E-state index contributed by atoms with van der Waals surface area (Å²) in [4.78, 5) is 13.4. The zero-order chi connectivity index (χ0) is 26.8. The first kappa shape index (κ1) is 25.6. The Kier molecular flexibility index (Phi) is 6.07. The number of alkyl halides is 2. The summed E-state index contributed by atoms with van der Waals surface area (Å²) in [5, 5.41) is 20.2. The number of carbonyl (C=O) groups excluding carboxylic acids is 1. The smallest absolute Gasteiger partial charge is 0.395 e. The number of hydrogen-bond acceptors (Lipinski definition) is 5. The molecular weight excluding hydrogens is 487 g/mol. The van der Waals surface area contributed by atoms with Gasteiger partial charge in [0.25, 0.3) is 0 Å². The van der Waals surface area contributed by atoms with Crippen LogP contribution in [0.1, 0.15) is 56.9 Å². The van der Waals surface area contributed by atoms with Crippen LogP contribution in [-0.4, -0.2) is 39.6 Å². The van der Waals surface area contributed by atoms with Gasteiger partial charge in [-0.3, -0.25) is 4.79 Å². The molecule has 2 aliphatic rings.